The van der Waals surface area contributed by atoms with E-state index < -0.39 is 0 Å². The lowest BCUT2D eigenvalue weighted by molar-refractivity contribution is 0.326. The molecule has 0 aliphatic heterocycles. The molecule has 1 heterocycles. The maximum absolute atomic E-state index is 6.01. The highest BCUT2D eigenvalue weighted by Crippen LogP contribution is 2.10. The predicted molar refractivity (Wildman–Crippen MR) is 66.2 cm³/mol. The zero-order valence-corrected chi connectivity index (χ0v) is 10.5. The van der Waals surface area contributed by atoms with Crippen LogP contribution in [0, 0.1) is 0 Å². The van der Waals surface area contributed by atoms with E-state index in [1.54, 1.807) is 12.3 Å². The first-order valence-corrected chi connectivity index (χ1v) is 6.03. The highest BCUT2D eigenvalue weighted by atomic mass is 35.5. The van der Waals surface area contributed by atoms with Gasteiger partial charge in [-0.15, -0.1) is 11.6 Å². The number of hydrogen-bond acceptors (Lipinski definition) is 4. The van der Waals surface area contributed by atoms with Gasteiger partial charge in [0.05, 0.1) is 6.61 Å². The van der Waals surface area contributed by atoms with E-state index in [9.17, 15) is 0 Å². The first-order valence-electron chi connectivity index (χ1n) is 5.60. The number of alkyl halides is 1. The summed E-state index contributed by atoms with van der Waals surface area (Å²) in [6.07, 6.45) is 3.56. The number of hydrogen-bond donors (Lipinski definition) is 1. The van der Waals surface area contributed by atoms with Gasteiger partial charge in [-0.05, 0) is 19.8 Å². The Balaban J connectivity index is 2.38. The molecule has 0 radical (unpaired) electrons. The van der Waals surface area contributed by atoms with Crippen molar-refractivity contribution in [2.24, 2.45) is 0 Å². The Morgan fingerprint density at radius 2 is 2.31 bits per heavy atom. The molecule has 1 rings (SSSR count). The van der Waals surface area contributed by atoms with E-state index in [2.05, 4.69) is 22.2 Å². The number of aromatic nitrogens is 2. The van der Waals surface area contributed by atoms with Gasteiger partial charge in [0, 0.05) is 24.2 Å². The first kappa shape index (κ1) is 13.0. The van der Waals surface area contributed by atoms with Crippen LogP contribution in [0.5, 0.6) is 5.88 Å². The van der Waals surface area contributed by atoms with E-state index >= 15 is 0 Å². The van der Waals surface area contributed by atoms with Crippen molar-refractivity contribution in [2.45, 2.75) is 32.1 Å². The van der Waals surface area contributed by atoms with Gasteiger partial charge in [-0.2, -0.15) is 4.98 Å². The van der Waals surface area contributed by atoms with Crippen LogP contribution in [-0.2, 0) is 0 Å². The van der Waals surface area contributed by atoms with Gasteiger partial charge in [-0.25, -0.2) is 4.98 Å². The molecule has 1 atom stereocenters. The molecule has 1 aromatic rings. The minimum atomic E-state index is 0.211. The van der Waals surface area contributed by atoms with Crippen LogP contribution in [0.25, 0.3) is 0 Å². The molecule has 0 saturated carbocycles. The molecule has 16 heavy (non-hydrogen) atoms. The Morgan fingerprint density at radius 1 is 1.50 bits per heavy atom. The van der Waals surface area contributed by atoms with E-state index in [-0.39, 0.29) is 5.38 Å². The van der Waals surface area contributed by atoms with Crippen molar-refractivity contribution < 1.29 is 4.74 Å². The molecule has 0 aliphatic rings. The van der Waals surface area contributed by atoms with Gasteiger partial charge in [0.1, 0.15) is 0 Å². The van der Waals surface area contributed by atoms with Crippen LogP contribution < -0.4 is 10.1 Å². The van der Waals surface area contributed by atoms with Crippen molar-refractivity contribution in [1.29, 1.82) is 0 Å². The summed E-state index contributed by atoms with van der Waals surface area (Å²) >= 11 is 6.01. The van der Waals surface area contributed by atoms with E-state index in [1.807, 2.05) is 6.92 Å². The minimum Gasteiger partial charge on any atom is -0.478 e. The molecule has 0 bridgehead atoms. The smallest absolute Gasteiger partial charge is 0.225 e. The summed E-state index contributed by atoms with van der Waals surface area (Å²) < 4.78 is 5.28. The fourth-order valence-corrected chi connectivity index (χ4v) is 1.31. The Kier molecular flexibility index (Phi) is 5.93. The lowest BCUT2D eigenvalue weighted by Gasteiger charge is -2.08. The normalized spacial score (nSPS) is 12.2. The second kappa shape index (κ2) is 7.28. The molecule has 1 aromatic heterocycles. The standard InChI is InChI=1S/C11H18ClN3O/c1-3-9(12)5-7-13-11-14-8-6-10(15-11)16-4-2/h6,8-9H,3-5,7H2,1-2H3,(H,13,14,15). The number of ether oxygens (including phenoxy) is 1. The van der Waals surface area contributed by atoms with Gasteiger partial charge in [0.2, 0.25) is 11.8 Å². The molecule has 4 nitrogen and oxygen atoms in total. The van der Waals surface area contributed by atoms with E-state index in [0.717, 1.165) is 19.4 Å². The third-order valence-corrected chi connectivity index (χ3v) is 2.63. The van der Waals surface area contributed by atoms with Gasteiger partial charge in [0.15, 0.2) is 0 Å². The van der Waals surface area contributed by atoms with Gasteiger partial charge in [-0.3, -0.25) is 0 Å². The molecule has 0 aliphatic carbocycles. The Labute approximate surface area is 101 Å². The molecule has 1 unspecified atom stereocenters. The van der Waals surface area contributed by atoms with Crippen LogP contribution in [0.3, 0.4) is 0 Å². The van der Waals surface area contributed by atoms with Gasteiger partial charge in [0.25, 0.3) is 0 Å². The number of anilines is 1. The van der Waals surface area contributed by atoms with Crippen LogP contribution in [-0.4, -0.2) is 28.5 Å². The van der Waals surface area contributed by atoms with Crippen LogP contribution in [0.15, 0.2) is 12.3 Å². The van der Waals surface area contributed by atoms with Gasteiger partial charge < -0.3 is 10.1 Å². The summed E-state index contributed by atoms with van der Waals surface area (Å²) in [5.74, 6) is 1.18. The van der Waals surface area contributed by atoms with Crippen LogP contribution in [0.2, 0.25) is 0 Å². The zero-order valence-electron chi connectivity index (χ0n) is 9.74. The summed E-state index contributed by atoms with van der Waals surface area (Å²) in [4.78, 5) is 8.30. The van der Waals surface area contributed by atoms with Gasteiger partial charge in [-0.1, -0.05) is 6.92 Å². The molecule has 90 valence electrons. The van der Waals surface area contributed by atoms with Crippen molar-refractivity contribution in [3.8, 4) is 5.88 Å². The molecule has 0 spiro atoms. The number of rotatable bonds is 7. The molecule has 1 N–H and O–H groups in total. The van der Waals surface area contributed by atoms with Gasteiger partial charge >= 0.3 is 0 Å². The number of halogens is 1. The fraction of sp³-hybridized carbons (Fsp3) is 0.636. The van der Waals surface area contributed by atoms with Crippen molar-refractivity contribution in [1.82, 2.24) is 9.97 Å². The van der Waals surface area contributed by atoms with Crippen LogP contribution in [0.1, 0.15) is 26.7 Å². The van der Waals surface area contributed by atoms with Crippen molar-refractivity contribution in [3.05, 3.63) is 12.3 Å². The Bertz CT molecular complexity index is 309. The summed E-state index contributed by atoms with van der Waals surface area (Å²) in [5.41, 5.74) is 0. The van der Waals surface area contributed by atoms with Crippen molar-refractivity contribution in [2.75, 3.05) is 18.5 Å². The minimum absolute atomic E-state index is 0.211. The Morgan fingerprint density at radius 3 is 3.00 bits per heavy atom. The SMILES string of the molecule is CCOc1ccnc(NCCC(Cl)CC)n1. The second-order valence-corrected chi connectivity index (χ2v) is 3.99. The maximum Gasteiger partial charge on any atom is 0.225 e. The highest BCUT2D eigenvalue weighted by Gasteiger charge is 2.02. The molecular weight excluding hydrogens is 226 g/mol. The lowest BCUT2D eigenvalue weighted by Crippen LogP contribution is -2.10. The topological polar surface area (TPSA) is 47.0 Å². The summed E-state index contributed by atoms with van der Waals surface area (Å²) in [5, 5.41) is 3.33. The van der Waals surface area contributed by atoms with E-state index in [4.69, 9.17) is 16.3 Å². The molecule has 0 saturated heterocycles. The molecule has 0 fully saturated rings. The maximum atomic E-state index is 6.01. The second-order valence-electron chi connectivity index (χ2n) is 3.37. The lowest BCUT2D eigenvalue weighted by atomic mass is 10.2. The van der Waals surface area contributed by atoms with Crippen LogP contribution >= 0.6 is 11.6 Å². The fourth-order valence-electron chi connectivity index (χ4n) is 1.20. The molecule has 0 aromatic carbocycles. The van der Waals surface area contributed by atoms with Crippen molar-refractivity contribution in [3.63, 3.8) is 0 Å². The molecular formula is C11H18ClN3O. The summed E-state index contributed by atoms with van der Waals surface area (Å²) in [6.45, 7) is 5.38. The summed E-state index contributed by atoms with van der Waals surface area (Å²) in [6, 6.07) is 1.74. The Hall–Kier alpha value is -1.03. The third kappa shape index (κ3) is 4.66. The zero-order chi connectivity index (χ0) is 11.8. The predicted octanol–water partition coefficient (Wildman–Crippen LogP) is 2.69. The van der Waals surface area contributed by atoms with Crippen molar-refractivity contribution >= 4 is 17.5 Å². The third-order valence-electron chi connectivity index (χ3n) is 2.11. The van der Waals surface area contributed by atoms with Crippen LogP contribution in [0.4, 0.5) is 5.95 Å². The number of nitrogens with one attached hydrogen (secondary N) is 1. The highest BCUT2D eigenvalue weighted by molar-refractivity contribution is 6.20. The largest absolute Gasteiger partial charge is 0.478 e. The quantitative estimate of drug-likeness (QED) is 0.748. The monoisotopic (exact) mass is 243 g/mol. The number of nitrogens with zero attached hydrogens (tertiary/aromatic N) is 2. The molecule has 5 heteroatoms. The average Bonchev–Trinajstić information content (AvgIpc) is 2.30. The summed E-state index contributed by atoms with van der Waals surface area (Å²) in [7, 11) is 0. The van der Waals surface area contributed by atoms with E-state index in [1.165, 1.54) is 0 Å². The average molecular weight is 244 g/mol. The first-order chi connectivity index (χ1) is 7.76. The molecule has 0 amide bonds. The van der Waals surface area contributed by atoms with E-state index in [0.29, 0.717) is 18.4 Å².